The van der Waals surface area contributed by atoms with Gasteiger partial charge >= 0.3 is 36.0 Å². The number of benzene rings is 2. The number of carbonyl (C=O) groups is 3. The minimum atomic E-state index is -5.54. The molecule has 2 amide bonds. The van der Waals surface area contributed by atoms with E-state index in [2.05, 4.69) is 9.47 Å². The van der Waals surface area contributed by atoms with Crippen LogP contribution in [0.5, 0.6) is 5.75 Å². The second-order valence-corrected chi connectivity index (χ2v) is 6.94. The molecule has 0 saturated heterocycles. The largest absolute Gasteiger partial charge is 0.466 e. The molecule has 3 N–H and O–H groups in total. The van der Waals surface area contributed by atoms with Crippen LogP contribution in [0.25, 0.3) is 0 Å². The molecule has 0 fully saturated rings. The number of nitrogens with one attached hydrogen (secondary N) is 2. The van der Waals surface area contributed by atoms with Gasteiger partial charge in [0, 0.05) is 11.3 Å². The van der Waals surface area contributed by atoms with E-state index in [0.717, 1.165) is 24.3 Å². The van der Waals surface area contributed by atoms with Crippen LogP contribution in [0.15, 0.2) is 54.6 Å². The Kier molecular flexibility index (Phi) is 8.09. The van der Waals surface area contributed by atoms with Gasteiger partial charge in [0.05, 0.1) is 14.2 Å². The molecule has 0 radical (unpaired) electrons. The van der Waals surface area contributed by atoms with Crippen molar-refractivity contribution >= 4 is 23.7 Å². The Morgan fingerprint density at radius 2 is 1.31 bits per heavy atom. The molecule has 0 aromatic heterocycles. The number of methoxy groups -OCH3 is 2. The van der Waals surface area contributed by atoms with Gasteiger partial charge in [0.2, 0.25) is 0 Å². The Balaban J connectivity index is 2.35. The topological polar surface area (TPSA) is 123 Å². The summed E-state index contributed by atoms with van der Waals surface area (Å²) < 4.78 is 94.8. The highest BCUT2D eigenvalue weighted by Crippen LogP contribution is 2.40. The van der Waals surface area contributed by atoms with Gasteiger partial charge in [0.25, 0.3) is 5.60 Å². The molecule has 2 atom stereocenters. The molecule has 2 aromatic carbocycles. The Morgan fingerprint density at radius 3 is 1.75 bits per heavy atom. The molecule has 9 nitrogen and oxygen atoms in total. The monoisotopic (exact) mass is 524 g/mol. The zero-order valence-corrected chi connectivity index (χ0v) is 18.4. The maximum Gasteiger partial charge on any atom is 0.460 e. The lowest BCUT2D eigenvalue weighted by Gasteiger charge is -2.33. The average molecular weight is 524 g/mol. The summed E-state index contributed by atoms with van der Waals surface area (Å²) in [6.07, 6.45) is -11.0. The lowest BCUT2D eigenvalue weighted by Crippen LogP contribution is -2.68. The summed E-state index contributed by atoms with van der Waals surface area (Å²) in [5.74, 6) is -4.53. The van der Waals surface area contributed by atoms with Crippen LogP contribution in [-0.4, -0.2) is 55.4 Å². The third kappa shape index (κ3) is 5.45. The Morgan fingerprint density at radius 1 is 0.778 bits per heavy atom. The van der Waals surface area contributed by atoms with Crippen LogP contribution in [0.2, 0.25) is 0 Å². The fraction of sp³-hybridized carbons (Fsp3) is 0.286. The molecule has 2 rings (SSSR count). The SMILES string of the molecule is COC(=O)[C@](NC(=O)Nc1ccc([C@](O)(C(=O)OC)C(F)(F)F)cc1)(Oc1ccccc1)C(F)(F)F. The van der Waals surface area contributed by atoms with E-state index in [1.165, 1.54) is 23.5 Å². The number of amides is 2. The van der Waals surface area contributed by atoms with Crippen LogP contribution in [-0.2, 0) is 24.7 Å². The maximum atomic E-state index is 14.0. The van der Waals surface area contributed by atoms with E-state index in [4.69, 9.17) is 4.74 Å². The summed E-state index contributed by atoms with van der Waals surface area (Å²) in [5, 5.41) is 13.2. The van der Waals surface area contributed by atoms with E-state index in [1.54, 1.807) is 0 Å². The molecule has 0 aliphatic carbocycles. The first kappa shape index (κ1) is 28.2. The first-order chi connectivity index (χ1) is 16.6. The summed E-state index contributed by atoms with van der Waals surface area (Å²) in [7, 11) is 1.24. The predicted octanol–water partition coefficient (Wildman–Crippen LogP) is 3.24. The minimum absolute atomic E-state index is 0.383. The number of hydrogen-bond acceptors (Lipinski definition) is 7. The fourth-order valence-corrected chi connectivity index (χ4v) is 2.83. The highest BCUT2D eigenvalue weighted by molar-refractivity contribution is 5.94. The number of para-hydroxylation sites is 1. The maximum absolute atomic E-state index is 14.0. The molecule has 2 aromatic rings. The van der Waals surface area contributed by atoms with Gasteiger partial charge in [-0.15, -0.1) is 0 Å². The number of alkyl halides is 6. The van der Waals surface area contributed by atoms with Gasteiger partial charge in [-0.05, 0) is 24.3 Å². The van der Waals surface area contributed by atoms with Crippen LogP contribution in [0.3, 0.4) is 0 Å². The van der Waals surface area contributed by atoms with E-state index in [9.17, 15) is 45.8 Å². The second-order valence-electron chi connectivity index (χ2n) is 6.94. The predicted molar refractivity (Wildman–Crippen MR) is 108 cm³/mol. The number of rotatable bonds is 7. The number of halogens is 6. The number of hydrogen-bond donors (Lipinski definition) is 3. The van der Waals surface area contributed by atoms with E-state index in [-0.39, 0.29) is 5.69 Å². The van der Waals surface area contributed by atoms with Gasteiger partial charge in [0.15, 0.2) is 0 Å². The van der Waals surface area contributed by atoms with Crippen molar-refractivity contribution in [3.63, 3.8) is 0 Å². The summed E-state index contributed by atoms with van der Waals surface area (Å²) in [6.45, 7) is 0. The lowest BCUT2D eigenvalue weighted by molar-refractivity contribution is -0.266. The van der Waals surface area contributed by atoms with Gasteiger partial charge in [-0.3, -0.25) is 5.32 Å². The molecule has 0 spiro atoms. The molecule has 0 aliphatic rings. The molecular formula is C21H18F6N2O7. The number of urea groups is 1. The summed E-state index contributed by atoms with van der Waals surface area (Å²) in [5.41, 5.74) is -9.44. The number of anilines is 1. The number of esters is 2. The van der Waals surface area contributed by atoms with Crippen molar-refractivity contribution in [2.24, 2.45) is 0 Å². The highest BCUT2D eigenvalue weighted by Gasteiger charge is 2.66. The van der Waals surface area contributed by atoms with Crippen molar-refractivity contribution in [1.82, 2.24) is 5.32 Å². The van der Waals surface area contributed by atoms with Gasteiger partial charge in [-0.1, -0.05) is 30.3 Å². The Hall–Kier alpha value is -4.01. The van der Waals surface area contributed by atoms with Gasteiger partial charge in [0.1, 0.15) is 5.75 Å². The van der Waals surface area contributed by atoms with E-state index in [1.807, 2.05) is 5.32 Å². The van der Waals surface area contributed by atoms with Crippen molar-refractivity contribution in [2.75, 3.05) is 19.5 Å². The molecule has 196 valence electrons. The molecule has 15 heteroatoms. The highest BCUT2D eigenvalue weighted by atomic mass is 19.4. The molecule has 36 heavy (non-hydrogen) atoms. The molecule has 0 bridgehead atoms. The van der Waals surface area contributed by atoms with Gasteiger partial charge < -0.3 is 24.6 Å². The minimum Gasteiger partial charge on any atom is -0.466 e. The number of aliphatic hydroxyl groups is 1. The van der Waals surface area contributed by atoms with Crippen molar-refractivity contribution in [2.45, 2.75) is 23.7 Å². The van der Waals surface area contributed by atoms with Crippen LogP contribution >= 0.6 is 0 Å². The summed E-state index contributed by atoms with van der Waals surface area (Å²) in [4.78, 5) is 36.1. The molecule has 0 aliphatic heterocycles. The molecule has 0 unspecified atom stereocenters. The smallest absolute Gasteiger partial charge is 0.460 e. The summed E-state index contributed by atoms with van der Waals surface area (Å²) in [6, 6.07) is 7.19. The van der Waals surface area contributed by atoms with E-state index >= 15 is 0 Å². The number of ether oxygens (including phenoxy) is 3. The summed E-state index contributed by atoms with van der Waals surface area (Å²) >= 11 is 0. The van der Waals surface area contributed by atoms with E-state index in [0.29, 0.717) is 26.4 Å². The Labute approximate surface area is 198 Å². The normalized spacial score (nSPS) is 15.0. The fourth-order valence-electron chi connectivity index (χ4n) is 2.83. The van der Waals surface area contributed by atoms with Crippen LogP contribution in [0, 0.1) is 0 Å². The Bertz CT molecular complexity index is 1090. The zero-order chi connectivity index (χ0) is 27.4. The number of carbonyl (C=O) groups excluding carboxylic acids is 3. The lowest BCUT2D eigenvalue weighted by atomic mass is 9.93. The zero-order valence-electron chi connectivity index (χ0n) is 18.4. The van der Waals surface area contributed by atoms with Gasteiger partial charge in [-0.2, -0.15) is 26.3 Å². The average Bonchev–Trinajstić information content (AvgIpc) is 2.81. The van der Waals surface area contributed by atoms with Crippen LogP contribution in [0.1, 0.15) is 5.56 Å². The third-order valence-corrected chi connectivity index (χ3v) is 4.63. The second kappa shape index (κ2) is 10.3. The van der Waals surface area contributed by atoms with Gasteiger partial charge in [-0.25, -0.2) is 14.4 Å². The standard InChI is InChI=1S/C21H18F6N2O7/c1-34-15(30)18(33,20(22,23)24)12-8-10-13(11-9-12)28-17(32)29-19(16(31)35-2,21(25,26)27)36-14-6-4-3-5-7-14/h3-11,33H,1-2H3,(H2,28,29,32)/t18-,19-/m0/s1. The van der Waals surface area contributed by atoms with Crippen molar-refractivity contribution in [3.8, 4) is 5.75 Å². The first-order valence-corrected chi connectivity index (χ1v) is 9.58. The first-order valence-electron chi connectivity index (χ1n) is 9.58. The van der Waals surface area contributed by atoms with Crippen molar-refractivity contribution < 1.29 is 60.0 Å². The van der Waals surface area contributed by atoms with Crippen molar-refractivity contribution in [1.29, 1.82) is 0 Å². The van der Waals surface area contributed by atoms with Crippen molar-refractivity contribution in [3.05, 3.63) is 60.2 Å². The van der Waals surface area contributed by atoms with E-state index < -0.39 is 53.0 Å². The molecular weight excluding hydrogens is 506 g/mol. The van der Waals surface area contributed by atoms with Crippen LogP contribution < -0.4 is 15.4 Å². The molecule has 0 heterocycles. The molecule has 0 saturated carbocycles. The van der Waals surface area contributed by atoms with Crippen LogP contribution in [0.4, 0.5) is 36.8 Å². The quantitative estimate of drug-likeness (QED) is 0.289. The third-order valence-electron chi connectivity index (χ3n) is 4.63.